The molecule has 0 saturated heterocycles. The maximum atomic E-state index is 12.3. The number of pyridine rings is 1. The van der Waals surface area contributed by atoms with Crippen LogP contribution in [0, 0.1) is 11.8 Å². The zero-order valence-electron chi connectivity index (χ0n) is 12.9. The molecule has 2 N–H and O–H groups in total. The molecule has 0 spiro atoms. The first kappa shape index (κ1) is 17.2. The molecule has 1 amide bonds. The molecule has 0 aliphatic carbocycles. The standard InChI is InChI=1S/C16H23N3O2/c1-13(8-10-19(2)3)18-16(21)15-7-9-17-12-14(15)6-4-5-11-20/h7,9,12-13,20H,5,8,10-11H2,1-3H3,(H,18,21). The van der Waals surface area contributed by atoms with E-state index in [1.165, 1.54) is 0 Å². The van der Waals surface area contributed by atoms with Gasteiger partial charge in [0.2, 0.25) is 0 Å². The Labute approximate surface area is 126 Å². The highest BCUT2D eigenvalue weighted by molar-refractivity contribution is 5.96. The number of nitrogens with zero attached hydrogens (tertiary/aromatic N) is 2. The van der Waals surface area contributed by atoms with Crippen molar-refractivity contribution in [2.45, 2.75) is 25.8 Å². The Hall–Kier alpha value is -1.90. The van der Waals surface area contributed by atoms with Crippen molar-refractivity contribution >= 4 is 5.91 Å². The first-order valence-corrected chi connectivity index (χ1v) is 7.04. The molecule has 5 heteroatoms. The van der Waals surface area contributed by atoms with Crippen LogP contribution in [0.1, 0.15) is 35.7 Å². The van der Waals surface area contributed by atoms with Crippen LogP contribution in [-0.4, -0.2) is 54.2 Å². The normalized spacial score (nSPS) is 11.7. The molecule has 1 atom stereocenters. The predicted molar refractivity (Wildman–Crippen MR) is 82.9 cm³/mol. The van der Waals surface area contributed by atoms with Crippen molar-refractivity contribution in [1.82, 2.24) is 15.2 Å². The lowest BCUT2D eigenvalue weighted by Crippen LogP contribution is -2.35. The lowest BCUT2D eigenvalue weighted by molar-refractivity contribution is 0.0936. The maximum absolute atomic E-state index is 12.3. The third-order valence-electron chi connectivity index (χ3n) is 2.91. The molecule has 1 aromatic heterocycles. The van der Waals surface area contributed by atoms with Gasteiger partial charge >= 0.3 is 0 Å². The molecule has 1 aromatic rings. The summed E-state index contributed by atoms with van der Waals surface area (Å²) in [6.07, 6.45) is 4.42. The van der Waals surface area contributed by atoms with Crippen LogP contribution in [0.25, 0.3) is 0 Å². The van der Waals surface area contributed by atoms with Crippen LogP contribution < -0.4 is 5.32 Å². The molecule has 0 aliphatic heterocycles. The van der Waals surface area contributed by atoms with Crippen LogP contribution in [-0.2, 0) is 0 Å². The zero-order chi connectivity index (χ0) is 15.7. The lowest BCUT2D eigenvalue weighted by Gasteiger charge is -2.17. The van der Waals surface area contributed by atoms with E-state index in [9.17, 15) is 4.79 Å². The number of hydrogen-bond donors (Lipinski definition) is 2. The van der Waals surface area contributed by atoms with E-state index in [2.05, 4.69) is 27.0 Å². The number of hydrogen-bond acceptors (Lipinski definition) is 4. The second-order valence-electron chi connectivity index (χ2n) is 5.16. The van der Waals surface area contributed by atoms with Crippen LogP contribution in [0.3, 0.4) is 0 Å². The maximum Gasteiger partial charge on any atom is 0.252 e. The van der Waals surface area contributed by atoms with Crippen molar-refractivity contribution < 1.29 is 9.90 Å². The van der Waals surface area contributed by atoms with E-state index < -0.39 is 0 Å². The molecule has 1 heterocycles. The topological polar surface area (TPSA) is 65.5 Å². The summed E-state index contributed by atoms with van der Waals surface area (Å²) in [7, 11) is 4.01. The van der Waals surface area contributed by atoms with Gasteiger partial charge in [0, 0.05) is 24.9 Å². The molecule has 21 heavy (non-hydrogen) atoms. The van der Waals surface area contributed by atoms with Gasteiger partial charge < -0.3 is 15.3 Å². The van der Waals surface area contributed by atoms with Gasteiger partial charge in [0.25, 0.3) is 5.91 Å². The molecule has 114 valence electrons. The fraction of sp³-hybridized carbons (Fsp3) is 0.500. The molecule has 0 radical (unpaired) electrons. The molecule has 1 unspecified atom stereocenters. The van der Waals surface area contributed by atoms with Crippen LogP contribution >= 0.6 is 0 Å². The largest absolute Gasteiger partial charge is 0.395 e. The number of carbonyl (C=O) groups excluding carboxylic acids is 1. The average Bonchev–Trinajstić information content (AvgIpc) is 2.46. The molecule has 1 rings (SSSR count). The minimum Gasteiger partial charge on any atom is -0.395 e. The van der Waals surface area contributed by atoms with Crippen LogP contribution in [0.15, 0.2) is 18.5 Å². The Morgan fingerprint density at radius 1 is 1.52 bits per heavy atom. The molecule has 0 aliphatic rings. The smallest absolute Gasteiger partial charge is 0.252 e. The molecule has 0 bridgehead atoms. The van der Waals surface area contributed by atoms with Crippen molar-refractivity contribution in [3.63, 3.8) is 0 Å². The van der Waals surface area contributed by atoms with Crippen LogP contribution in [0.5, 0.6) is 0 Å². The highest BCUT2D eigenvalue weighted by Crippen LogP contribution is 2.06. The third kappa shape index (κ3) is 6.39. The Balaban J connectivity index is 2.72. The number of aromatic nitrogens is 1. The van der Waals surface area contributed by atoms with Crippen molar-refractivity contribution in [2.75, 3.05) is 27.2 Å². The van der Waals surface area contributed by atoms with Crippen molar-refractivity contribution in [1.29, 1.82) is 0 Å². The zero-order valence-corrected chi connectivity index (χ0v) is 12.9. The van der Waals surface area contributed by atoms with Gasteiger partial charge in [-0.15, -0.1) is 0 Å². The first-order chi connectivity index (χ1) is 10.0. The van der Waals surface area contributed by atoms with Gasteiger partial charge in [-0.2, -0.15) is 0 Å². The van der Waals surface area contributed by atoms with E-state index in [4.69, 9.17) is 5.11 Å². The number of carbonyl (C=O) groups is 1. The van der Waals surface area contributed by atoms with Crippen LogP contribution in [0.2, 0.25) is 0 Å². The molecular formula is C16H23N3O2. The van der Waals surface area contributed by atoms with Crippen molar-refractivity contribution in [3.8, 4) is 11.8 Å². The Bertz CT molecular complexity index is 518. The number of rotatable bonds is 6. The fourth-order valence-electron chi connectivity index (χ4n) is 1.73. The van der Waals surface area contributed by atoms with Gasteiger partial charge in [-0.3, -0.25) is 9.78 Å². The summed E-state index contributed by atoms with van der Waals surface area (Å²) < 4.78 is 0. The predicted octanol–water partition coefficient (Wildman–Crippen LogP) is 0.885. The van der Waals surface area contributed by atoms with Gasteiger partial charge in [-0.1, -0.05) is 11.8 Å². The number of aliphatic hydroxyl groups is 1. The molecule has 0 saturated carbocycles. The fourth-order valence-corrected chi connectivity index (χ4v) is 1.73. The first-order valence-electron chi connectivity index (χ1n) is 7.04. The van der Waals surface area contributed by atoms with Gasteiger partial charge in [-0.25, -0.2) is 0 Å². The lowest BCUT2D eigenvalue weighted by atomic mass is 10.1. The van der Waals surface area contributed by atoms with Crippen molar-refractivity contribution in [2.24, 2.45) is 0 Å². The molecule has 0 fully saturated rings. The van der Waals surface area contributed by atoms with E-state index in [0.717, 1.165) is 13.0 Å². The highest BCUT2D eigenvalue weighted by atomic mass is 16.2. The van der Waals surface area contributed by atoms with E-state index in [1.807, 2.05) is 21.0 Å². The van der Waals surface area contributed by atoms with Gasteiger partial charge in [0.15, 0.2) is 0 Å². The minimum absolute atomic E-state index is 0.0103. The number of nitrogens with one attached hydrogen (secondary N) is 1. The summed E-state index contributed by atoms with van der Waals surface area (Å²) in [5.41, 5.74) is 1.11. The van der Waals surface area contributed by atoms with E-state index in [0.29, 0.717) is 17.5 Å². The summed E-state index contributed by atoms with van der Waals surface area (Å²) in [6.45, 7) is 2.91. The summed E-state index contributed by atoms with van der Waals surface area (Å²) in [5.74, 6) is 5.55. The SMILES string of the molecule is CC(CCN(C)C)NC(=O)c1ccncc1C#CCCO. The second-order valence-corrected chi connectivity index (χ2v) is 5.16. The van der Waals surface area contributed by atoms with E-state index >= 15 is 0 Å². The monoisotopic (exact) mass is 289 g/mol. The molecule has 0 aromatic carbocycles. The second kappa shape index (κ2) is 9.11. The summed E-state index contributed by atoms with van der Waals surface area (Å²) in [6, 6.07) is 1.75. The minimum atomic E-state index is -0.142. The Kier molecular flexibility index (Phi) is 7.44. The van der Waals surface area contributed by atoms with Crippen LogP contribution in [0.4, 0.5) is 0 Å². The summed E-state index contributed by atoms with van der Waals surface area (Å²) in [4.78, 5) is 18.4. The van der Waals surface area contributed by atoms with E-state index in [-0.39, 0.29) is 18.6 Å². The molecule has 5 nitrogen and oxygen atoms in total. The summed E-state index contributed by atoms with van der Waals surface area (Å²) in [5, 5.41) is 11.7. The van der Waals surface area contributed by atoms with Crippen molar-refractivity contribution in [3.05, 3.63) is 29.6 Å². The third-order valence-corrected chi connectivity index (χ3v) is 2.91. The summed E-state index contributed by atoms with van der Waals surface area (Å²) >= 11 is 0. The van der Waals surface area contributed by atoms with Gasteiger partial charge in [0.05, 0.1) is 17.7 Å². The quantitative estimate of drug-likeness (QED) is 0.763. The number of aliphatic hydroxyl groups excluding tert-OH is 1. The van der Waals surface area contributed by atoms with Gasteiger partial charge in [-0.05, 0) is 40.1 Å². The highest BCUT2D eigenvalue weighted by Gasteiger charge is 2.13. The average molecular weight is 289 g/mol. The number of amides is 1. The molecular weight excluding hydrogens is 266 g/mol. The Morgan fingerprint density at radius 3 is 2.95 bits per heavy atom. The van der Waals surface area contributed by atoms with E-state index in [1.54, 1.807) is 18.5 Å². The Morgan fingerprint density at radius 2 is 2.29 bits per heavy atom. The van der Waals surface area contributed by atoms with Gasteiger partial charge in [0.1, 0.15) is 0 Å².